The second kappa shape index (κ2) is 6.65. The van der Waals surface area contributed by atoms with E-state index in [0.29, 0.717) is 0 Å². The first-order chi connectivity index (χ1) is 9.27. The van der Waals surface area contributed by atoms with Gasteiger partial charge in [0.25, 0.3) is 5.69 Å². The maximum absolute atomic E-state index is 13.4. The molecule has 0 saturated carbocycles. The van der Waals surface area contributed by atoms with Crippen LogP contribution in [0, 0.1) is 21.8 Å². The van der Waals surface area contributed by atoms with E-state index in [-0.39, 0.29) is 22.4 Å². The van der Waals surface area contributed by atoms with Crippen molar-refractivity contribution in [1.29, 1.82) is 0 Å². The van der Waals surface area contributed by atoms with Gasteiger partial charge < -0.3 is 9.64 Å². The van der Waals surface area contributed by atoms with Crippen molar-refractivity contribution in [1.82, 2.24) is 0 Å². The van der Waals surface area contributed by atoms with E-state index in [9.17, 15) is 19.3 Å². The summed E-state index contributed by atoms with van der Waals surface area (Å²) in [7, 11) is 2.86. The van der Waals surface area contributed by atoms with E-state index in [1.807, 2.05) is 0 Å². The Labute approximate surface area is 123 Å². The van der Waals surface area contributed by atoms with E-state index in [1.54, 1.807) is 14.0 Å². The molecule has 110 valence electrons. The van der Waals surface area contributed by atoms with Gasteiger partial charge in [0.05, 0.1) is 28.5 Å². The van der Waals surface area contributed by atoms with Gasteiger partial charge in [0.2, 0.25) is 0 Å². The standard InChI is InChI=1S/C12H14BrFN2O4/c1-7(12(17)20-3)6-15(2)10-4-8(13)9(14)5-11(10)16(18)19/h4-5,7H,6H2,1-3H3. The maximum Gasteiger partial charge on any atom is 0.310 e. The Morgan fingerprint density at radius 3 is 2.70 bits per heavy atom. The third-order valence-electron chi connectivity index (χ3n) is 2.78. The molecule has 20 heavy (non-hydrogen) atoms. The summed E-state index contributed by atoms with van der Waals surface area (Å²) in [6.45, 7) is 1.86. The number of methoxy groups -OCH3 is 1. The van der Waals surface area contributed by atoms with Gasteiger partial charge in [0, 0.05) is 13.6 Å². The molecular weight excluding hydrogens is 335 g/mol. The summed E-state index contributed by atoms with van der Waals surface area (Å²) in [6, 6.07) is 2.16. The molecule has 0 saturated heterocycles. The summed E-state index contributed by atoms with van der Waals surface area (Å²) >= 11 is 2.99. The van der Waals surface area contributed by atoms with E-state index < -0.39 is 22.6 Å². The van der Waals surface area contributed by atoms with Gasteiger partial charge in [-0.3, -0.25) is 14.9 Å². The molecule has 0 fully saturated rings. The quantitative estimate of drug-likeness (QED) is 0.464. The fourth-order valence-corrected chi connectivity index (χ4v) is 2.09. The topological polar surface area (TPSA) is 72.7 Å². The van der Waals surface area contributed by atoms with Crippen LogP contribution in [0.2, 0.25) is 0 Å². The average Bonchev–Trinajstić information content (AvgIpc) is 2.39. The molecule has 0 heterocycles. The van der Waals surface area contributed by atoms with Crippen LogP contribution in [0.15, 0.2) is 16.6 Å². The van der Waals surface area contributed by atoms with Gasteiger partial charge in [-0.05, 0) is 22.0 Å². The highest BCUT2D eigenvalue weighted by Crippen LogP contribution is 2.33. The second-order valence-corrected chi connectivity index (χ2v) is 5.17. The number of hydrogen-bond donors (Lipinski definition) is 0. The second-order valence-electron chi connectivity index (χ2n) is 4.32. The van der Waals surface area contributed by atoms with E-state index in [2.05, 4.69) is 20.7 Å². The minimum absolute atomic E-state index is 0.121. The summed E-state index contributed by atoms with van der Waals surface area (Å²) in [5, 5.41) is 11.0. The van der Waals surface area contributed by atoms with Crippen molar-refractivity contribution in [3.05, 3.63) is 32.5 Å². The fourth-order valence-electron chi connectivity index (χ4n) is 1.76. The molecule has 1 aromatic rings. The van der Waals surface area contributed by atoms with Gasteiger partial charge in [-0.25, -0.2) is 4.39 Å². The number of carbonyl (C=O) groups excluding carboxylic acids is 1. The van der Waals surface area contributed by atoms with Crippen LogP contribution >= 0.6 is 15.9 Å². The van der Waals surface area contributed by atoms with E-state index in [4.69, 9.17) is 0 Å². The van der Waals surface area contributed by atoms with Crippen LogP contribution in [-0.4, -0.2) is 31.6 Å². The van der Waals surface area contributed by atoms with E-state index in [0.717, 1.165) is 6.07 Å². The van der Waals surface area contributed by atoms with Crippen molar-refractivity contribution in [2.45, 2.75) is 6.92 Å². The molecule has 1 aromatic carbocycles. The largest absolute Gasteiger partial charge is 0.469 e. The number of halogens is 2. The Hall–Kier alpha value is -1.70. The first kappa shape index (κ1) is 16.4. The number of esters is 1. The van der Waals surface area contributed by atoms with Gasteiger partial charge >= 0.3 is 5.97 Å². The number of nitrogens with zero attached hydrogens (tertiary/aromatic N) is 2. The lowest BCUT2D eigenvalue weighted by Gasteiger charge is -2.22. The van der Waals surface area contributed by atoms with Gasteiger partial charge in [-0.2, -0.15) is 0 Å². The molecule has 0 spiro atoms. The lowest BCUT2D eigenvalue weighted by atomic mass is 10.1. The lowest BCUT2D eigenvalue weighted by Crippen LogP contribution is -2.29. The molecule has 0 radical (unpaired) electrons. The summed E-state index contributed by atoms with van der Waals surface area (Å²) in [5.74, 6) is -1.59. The number of carbonyl (C=O) groups is 1. The molecule has 1 unspecified atom stereocenters. The molecule has 0 amide bonds. The molecule has 0 N–H and O–H groups in total. The van der Waals surface area contributed by atoms with Crippen LogP contribution < -0.4 is 4.90 Å². The van der Waals surface area contributed by atoms with Crippen LogP contribution in [0.3, 0.4) is 0 Å². The van der Waals surface area contributed by atoms with Gasteiger partial charge in [0.15, 0.2) is 0 Å². The predicted molar refractivity (Wildman–Crippen MR) is 75.2 cm³/mol. The van der Waals surface area contributed by atoms with Gasteiger partial charge in [-0.1, -0.05) is 6.92 Å². The Balaban J connectivity index is 3.08. The Morgan fingerprint density at radius 2 is 2.20 bits per heavy atom. The highest BCUT2D eigenvalue weighted by molar-refractivity contribution is 9.10. The monoisotopic (exact) mass is 348 g/mol. The molecule has 8 heteroatoms. The molecule has 0 aromatic heterocycles. The summed E-state index contributed by atoms with van der Waals surface area (Å²) in [4.78, 5) is 23.2. The molecule has 6 nitrogen and oxygen atoms in total. The number of hydrogen-bond acceptors (Lipinski definition) is 5. The first-order valence-electron chi connectivity index (χ1n) is 5.70. The molecule has 0 aliphatic rings. The number of anilines is 1. The smallest absolute Gasteiger partial charge is 0.310 e. The van der Waals surface area contributed by atoms with Crippen molar-refractivity contribution >= 4 is 33.3 Å². The predicted octanol–water partition coefficient (Wildman–Crippen LogP) is 2.74. The van der Waals surface area contributed by atoms with Crippen LogP contribution in [0.4, 0.5) is 15.8 Å². The number of benzene rings is 1. The third-order valence-corrected chi connectivity index (χ3v) is 3.38. The highest BCUT2D eigenvalue weighted by Gasteiger charge is 2.23. The van der Waals surface area contributed by atoms with Crippen LogP contribution in [-0.2, 0) is 9.53 Å². The minimum atomic E-state index is -0.713. The third kappa shape index (κ3) is 3.66. The number of nitro groups is 1. The number of ether oxygens (including phenoxy) is 1. The van der Waals surface area contributed by atoms with Crippen molar-refractivity contribution in [3.8, 4) is 0 Å². The van der Waals surface area contributed by atoms with E-state index >= 15 is 0 Å². The Bertz CT molecular complexity index is 538. The molecule has 1 atom stereocenters. The van der Waals surface area contributed by atoms with Crippen molar-refractivity contribution < 1.29 is 18.8 Å². The summed E-state index contributed by atoms with van der Waals surface area (Å²) < 4.78 is 18.1. The molecular formula is C12H14BrFN2O4. The van der Waals surface area contributed by atoms with Gasteiger partial charge in [-0.15, -0.1) is 0 Å². The number of nitro benzene ring substituents is 1. The lowest BCUT2D eigenvalue weighted by molar-refractivity contribution is -0.384. The highest BCUT2D eigenvalue weighted by atomic mass is 79.9. The van der Waals surface area contributed by atoms with Crippen molar-refractivity contribution in [2.75, 3.05) is 25.6 Å². The molecule has 0 aliphatic heterocycles. The zero-order chi connectivity index (χ0) is 15.4. The van der Waals surface area contributed by atoms with Crippen LogP contribution in [0.5, 0.6) is 0 Å². The summed E-state index contributed by atoms with van der Waals surface area (Å²) in [6.07, 6.45) is 0. The normalized spacial score (nSPS) is 11.8. The Morgan fingerprint density at radius 1 is 1.60 bits per heavy atom. The molecule has 0 bridgehead atoms. The maximum atomic E-state index is 13.4. The number of rotatable bonds is 5. The zero-order valence-corrected chi connectivity index (χ0v) is 12.8. The first-order valence-corrected chi connectivity index (χ1v) is 6.49. The van der Waals surface area contributed by atoms with Crippen LogP contribution in [0.1, 0.15) is 6.92 Å². The van der Waals surface area contributed by atoms with Crippen LogP contribution in [0.25, 0.3) is 0 Å². The fraction of sp³-hybridized carbons (Fsp3) is 0.417. The SMILES string of the molecule is COC(=O)C(C)CN(C)c1cc(Br)c(F)cc1[N+](=O)[O-]. The molecule has 1 rings (SSSR count). The molecule has 0 aliphatic carbocycles. The average molecular weight is 349 g/mol. The Kier molecular flexibility index (Phi) is 5.43. The van der Waals surface area contributed by atoms with Crippen molar-refractivity contribution in [3.63, 3.8) is 0 Å². The minimum Gasteiger partial charge on any atom is -0.469 e. The van der Waals surface area contributed by atoms with Crippen molar-refractivity contribution in [2.24, 2.45) is 5.92 Å². The summed E-state index contributed by atoms with van der Waals surface area (Å²) in [5.41, 5.74) is -0.135. The van der Waals surface area contributed by atoms with Gasteiger partial charge in [0.1, 0.15) is 11.5 Å². The van der Waals surface area contributed by atoms with E-state index in [1.165, 1.54) is 18.1 Å². The zero-order valence-electron chi connectivity index (χ0n) is 11.2.